The molecule has 2 unspecified atom stereocenters. The molecule has 0 spiro atoms. The number of amides is 2. The molecule has 2 atom stereocenters. The summed E-state index contributed by atoms with van der Waals surface area (Å²) in [6, 6.07) is 9.30. The molecule has 120 valence electrons. The first-order valence-electron chi connectivity index (χ1n) is 7.33. The fourth-order valence-electron chi connectivity index (χ4n) is 1.21. The number of carbonyl (C=O) groups is 1. The van der Waals surface area contributed by atoms with Gasteiger partial charge in [-0.1, -0.05) is 45.9 Å². The molecule has 0 saturated heterocycles. The van der Waals surface area contributed by atoms with Gasteiger partial charge in [0.2, 0.25) is 0 Å². The van der Waals surface area contributed by atoms with Gasteiger partial charge in [0.15, 0.2) is 0 Å². The SMILES string of the molecule is CC(C)(C)C.CNC(=O)NC(C)C(C)Oc1ccccc1. The molecule has 0 aliphatic heterocycles. The maximum atomic E-state index is 11.1. The standard InChI is InChI=1S/C12H18N2O2.C5H12/c1-9(14-12(15)13-3)10(2)16-11-7-5-4-6-8-11;1-5(2,3)4/h4-10H,1-3H3,(H2,13,14,15);1-4H3. The van der Waals surface area contributed by atoms with Gasteiger partial charge in [0.1, 0.15) is 11.9 Å². The van der Waals surface area contributed by atoms with Gasteiger partial charge in [0.05, 0.1) is 6.04 Å². The Morgan fingerprint density at radius 2 is 1.57 bits per heavy atom. The van der Waals surface area contributed by atoms with Crippen molar-refractivity contribution in [1.82, 2.24) is 10.6 Å². The molecule has 2 N–H and O–H groups in total. The Morgan fingerprint density at radius 1 is 1.10 bits per heavy atom. The van der Waals surface area contributed by atoms with Crippen LogP contribution in [0.4, 0.5) is 4.79 Å². The smallest absolute Gasteiger partial charge is 0.314 e. The van der Waals surface area contributed by atoms with E-state index in [4.69, 9.17) is 4.74 Å². The highest BCUT2D eigenvalue weighted by Crippen LogP contribution is 2.12. The van der Waals surface area contributed by atoms with Crippen molar-refractivity contribution in [1.29, 1.82) is 0 Å². The van der Waals surface area contributed by atoms with Crippen LogP contribution in [-0.4, -0.2) is 25.2 Å². The summed E-state index contributed by atoms with van der Waals surface area (Å²) < 4.78 is 5.68. The van der Waals surface area contributed by atoms with Gasteiger partial charge >= 0.3 is 6.03 Å². The number of rotatable bonds is 4. The van der Waals surface area contributed by atoms with E-state index in [1.807, 2.05) is 44.2 Å². The molecule has 4 heteroatoms. The molecule has 0 fully saturated rings. The number of nitrogens with one attached hydrogen (secondary N) is 2. The van der Waals surface area contributed by atoms with E-state index in [2.05, 4.69) is 38.3 Å². The molecule has 0 radical (unpaired) electrons. The largest absolute Gasteiger partial charge is 0.489 e. The number of carbonyl (C=O) groups excluding carboxylic acids is 1. The predicted octanol–water partition coefficient (Wildman–Crippen LogP) is 3.82. The molecule has 0 aliphatic rings. The fourth-order valence-corrected chi connectivity index (χ4v) is 1.21. The van der Waals surface area contributed by atoms with Crippen molar-refractivity contribution in [2.75, 3.05) is 7.05 Å². The van der Waals surface area contributed by atoms with Gasteiger partial charge in [-0.3, -0.25) is 0 Å². The first-order valence-corrected chi connectivity index (χ1v) is 7.33. The topological polar surface area (TPSA) is 50.4 Å². The lowest BCUT2D eigenvalue weighted by Gasteiger charge is -2.22. The predicted molar refractivity (Wildman–Crippen MR) is 88.7 cm³/mol. The highest BCUT2D eigenvalue weighted by Gasteiger charge is 2.15. The fraction of sp³-hybridized carbons (Fsp3) is 0.588. The lowest BCUT2D eigenvalue weighted by molar-refractivity contribution is 0.175. The minimum atomic E-state index is -0.198. The molecule has 0 saturated carbocycles. The zero-order valence-electron chi connectivity index (χ0n) is 14.4. The monoisotopic (exact) mass is 294 g/mol. The zero-order valence-corrected chi connectivity index (χ0v) is 14.4. The van der Waals surface area contributed by atoms with E-state index in [0.717, 1.165) is 5.75 Å². The average Bonchev–Trinajstić information content (AvgIpc) is 2.37. The molecular formula is C17H30N2O2. The maximum absolute atomic E-state index is 11.1. The van der Waals surface area contributed by atoms with Crippen LogP contribution in [0.5, 0.6) is 5.75 Å². The second-order valence-corrected chi connectivity index (χ2v) is 6.65. The summed E-state index contributed by atoms with van der Waals surface area (Å²) in [5.74, 6) is 0.806. The molecular weight excluding hydrogens is 264 g/mol. The van der Waals surface area contributed by atoms with E-state index in [0.29, 0.717) is 5.41 Å². The average molecular weight is 294 g/mol. The summed E-state index contributed by atoms with van der Waals surface area (Å²) in [6.45, 7) is 12.6. The van der Waals surface area contributed by atoms with Crippen LogP contribution in [0, 0.1) is 5.41 Å². The van der Waals surface area contributed by atoms with Crippen LogP contribution in [0.1, 0.15) is 41.5 Å². The summed E-state index contributed by atoms with van der Waals surface area (Å²) in [4.78, 5) is 11.1. The number of para-hydroxylation sites is 1. The van der Waals surface area contributed by atoms with Crippen molar-refractivity contribution in [2.24, 2.45) is 5.41 Å². The first-order chi connectivity index (χ1) is 9.63. The first kappa shape index (κ1) is 19.3. The van der Waals surface area contributed by atoms with Crippen molar-refractivity contribution < 1.29 is 9.53 Å². The summed E-state index contributed by atoms with van der Waals surface area (Å²) in [5.41, 5.74) is 0.500. The Morgan fingerprint density at radius 3 is 2.00 bits per heavy atom. The highest BCUT2D eigenvalue weighted by atomic mass is 16.5. The maximum Gasteiger partial charge on any atom is 0.314 e. The van der Waals surface area contributed by atoms with Gasteiger partial charge in [0, 0.05) is 7.05 Å². The Bertz CT molecular complexity index is 393. The molecule has 0 aliphatic carbocycles. The highest BCUT2D eigenvalue weighted by molar-refractivity contribution is 5.73. The third kappa shape index (κ3) is 11.8. The lowest BCUT2D eigenvalue weighted by atomic mass is 10.0. The van der Waals surface area contributed by atoms with E-state index < -0.39 is 0 Å². The number of ether oxygens (including phenoxy) is 1. The Balaban J connectivity index is 0.000000690. The van der Waals surface area contributed by atoms with E-state index in [1.54, 1.807) is 7.05 Å². The summed E-state index contributed by atoms with van der Waals surface area (Å²) in [5, 5.41) is 5.28. The Kier molecular flexibility index (Phi) is 8.51. The number of hydrogen-bond acceptors (Lipinski definition) is 2. The molecule has 1 aromatic rings. The number of urea groups is 1. The van der Waals surface area contributed by atoms with Crippen LogP contribution in [-0.2, 0) is 0 Å². The van der Waals surface area contributed by atoms with Crippen LogP contribution in [0.2, 0.25) is 0 Å². The van der Waals surface area contributed by atoms with Crippen LogP contribution in [0.25, 0.3) is 0 Å². The number of hydrogen-bond donors (Lipinski definition) is 2. The molecule has 4 nitrogen and oxygen atoms in total. The third-order valence-corrected chi connectivity index (χ3v) is 2.36. The third-order valence-electron chi connectivity index (χ3n) is 2.36. The minimum Gasteiger partial charge on any atom is -0.489 e. The number of benzene rings is 1. The van der Waals surface area contributed by atoms with Crippen molar-refractivity contribution in [2.45, 2.75) is 53.7 Å². The van der Waals surface area contributed by atoms with E-state index >= 15 is 0 Å². The van der Waals surface area contributed by atoms with Crippen LogP contribution < -0.4 is 15.4 Å². The van der Waals surface area contributed by atoms with Crippen LogP contribution >= 0.6 is 0 Å². The second kappa shape index (κ2) is 9.27. The summed E-state index contributed by atoms with van der Waals surface area (Å²) in [6.07, 6.45) is -0.0836. The van der Waals surface area contributed by atoms with Crippen molar-refractivity contribution >= 4 is 6.03 Å². The van der Waals surface area contributed by atoms with Gasteiger partial charge in [-0.15, -0.1) is 0 Å². The lowest BCUT2D eigenvalue weighted by Crippen LogP contribution is -2.45. The second-order valence-electron chi connectivity index (χ2n) is 6.65. The van der Waals surface area contributed by atoms with Gasteiger partial charge in [-0.05, 0) is 31.4 Å². The quantitative estimate of drug-likeness (QED) is 0.887. The van der Waals surface area contributed by atoms with Gasteiger partial charge < -0.3 is 15.4 Å². The normalized spacial score (nSPS) is 13.3. The molecule has 2 amide bonds. The van der Waals surface area contributed by atoms with Crippen LogP contribution in [0.15, 0.2) is 30.3 Å². The summed E-state index contributed by atoms with van der Waals surface area (Å²) in [7, 11) is 1.59. The van der Waals surface area contributed by atoms with E-state index in [1.165, 1.54) is 0 Å². The van der Waals surface area contributed by atoms with Crippen molar-refractivity contribution in [3.63, 3.8) is 0 Å². The Hall–Kier alpha value is -1.71. The van der Waals surface area contributed by atoms with E-state index in [9.17, 15) is 4.79 Å². The van der Waals surface area contributed by atoms with Gasteiger partial charge in [0.25, 0.3) is 0 Å². The minimum absolute atomic E-state index is 0.0554. The molecule has 1 rings (SSSR count). The zero-order chi connectivity index (χ0) is 16.5. The van der Waals surface area contributed by atoms with E-state index in [-0.39, 0.29) is 18.2 Å². The molecule has 0 bridgehead atoms. The van der Waals surface area contributed by atoms with Gasteiger partial charge in [-0.2, -0.15) is 0 Å². The molecule has 0 aromatic heterocycles. The Labute approximate surface area is 129 Å². The summed E-state index contributed by atoms with van der Waals surface area (Å²) >= 11 is 0. The molecule has 21 heavy (non-hydrogen) atoms. The van der Waals surface area contributed by atoms with Crippen molar-refractivity contribution in [3.05, 3.63) is 30.3 Å². The molecule has 0 heterocycles. The molecule has 1 aromatic carbocycles. The van der Waals surface area contributed by atoms with Crippen molar-refractivity contribution in [3.8, 4) is 5.75 Å². The van der Waals surface area contributed by atoms with Gasteiger partial charge in [-0.25, -0.2) is 4.79 Å². The van der Waals surface area contributed by atoms with Crippen LogP contribution in [0.3, 0.4) is 0 Å².